The maximum atomic E-state index is 12.7. The number of hydroxylamine groups is 1. The van der Waals surface area contributed by atoms with Crippen molar-refractivity contribution in [1.29, 1.82) is 0 Å². The third-order valence-electron chi connectivity index (χ3n) is 4.19. The summed E-state index contributed by atoms with van der Waals surface area (Å²) in [5.41, 5.74) is 3.18. The number of thioether (sulfide) groups is 2. The zero-order valence-electron chi connectivity index (χ0n) is 14.6. The summed E-state index contributed by atoms with van der Waals surface area (Å²) in [4.78, 5) is 44.8. The molecular formula is C18H16N4O4S2. The average molecular weight is 416 g/mol. The van der Waals surface area contributed by atoms with E-state index in [1.807, 2.05) is 30.3 Å². The van der Waals surface area contributed by atoms with Crippen LogP contribution in [0.3, 0.4) is 0 Å². The lowest BCUT2D eigenvalue weighted by atomic mass is 10.1. The lowest BCUT2D eigenvalue weighted by Crippen LogP contribution is -2.54. The number of hydrogen-bond acceptors (Lipinski definition) is 7. The summed E-state index contributed by atoms with van der Waals surface area (Å²) in [6.07, 6.45) is 3.82. The molecule has 2 aromatic rings. The summed E-state index contributed by atoms with van der Waals surface area (Å²) >= 11 is 2.94. The highest BCUT2D eigenvalue weighted by molar-refractivity contribution is 8.06. The molecule has 1 fully saturated rings. The minimum atomic E-state index is -0.745. The molecule has 2 aliphatic rings. The minimum Gasteiger partial charge on any atom is -0.334 e. The molecule has 1 aromatic heterocycles. The summed E-state index contributed by atoms with van der Waals surface area (Å²) in [5, 5.41) is 6.54. The molecule has 1 aromatic carbocycles. The molecule has 1 saturated heterocycles. The van der Waals surface area contributed by atoms with Crippen molar-refractivity contribution in [2.24, 2.45) is 0 Å². The van der Waals surface area contributed by atoms with E-state index in [0.29, 0.717) is 17.1 Å². The average Bonchev–Trinajstić information content (AvgIpc) is 3.20. The van der Waals surface area contributed by atoms with E-state index < -0.39 is 11.9 Å². The van der Waals surface area contributed by atoms with Gasteiger partial charge in [-0.1, -0.05) is 42.1 Å². The van der Waals surface area contributed by atoms with Crippen LogP contribution in [0.25, 0.3) is 0 Å². The van der Waals surface area contributed by atoms with E-state index in [-0.39, 0.29) is 23.4 Å². The Labute approximate surface area is 169 Å². The van der Waals surface area contributed by atoms with Crippen LogP contribution in [-0.4, -0.2) is 44.0 Å². The molecule has 2 N–H and O–H groups in total. The van der Waals surface area contributed by atoms with Crippen molar-refractivity contribution >= 4 is 41.3 Å². The first-order valence-corrected chi connectivity index (χ1v) is 10.4. The lowest BCUT2D eigenvalue weighted by molar-refractivity contribution is -0.158. The Morgan fingerprint density at radius 2 is 2.18 bits per heavy atom. The highest BCUT2D eigenvalue weighted by Gasteiger charge is 2.46. The highest BCUT2D eigenvalue weighted by atomic mass is 32.2. The number of H-pyrrole nitrogens is 1. The van der Waals surface area contributed by atoms with Gasteiger partial charge < -0.3 is 4.84 Å². The minimum absolute atomic E-state index is 0.0660. The molecule has 0 aliphatic carbocycles. The van der Waals surface area contributed by atoms with Crippen molar-refractivity contribution in [2.45, 2.75) is 23.1 Å². The Morgan fingerprint density at radius 3 is 2.89 bits per heavy atom. The summed E-state index contributed by atoms with van der Waals surface area (Å²) in [6.45, 7) is 0. The number of carbonyl (C=O) groups is 3. The van der Waals surface area contributed by atoms with Crippen LogP contribution in [0.1, 0.15) is 12.0 Å². The smallest absolute Gasteiger partial charge is 0.334 e. The molecule has 0 bridgehead atoms. The zero-order chi connectivity index (χ0) is 19.5. The number of aromatic amines is 1. The largest absolute Gasteiger partial charge is 0.380 e. The summed E-state index contributed by atoms with van der Waals surface area (Å²) in [6, 6.07) is 9.13. The third kappa shape index (κ3) is 3.92. The fraction of sp³-hybridized carbons (Fsp3) is 0.222. The molecule has 0 spiro atoms. The Bertz CT molecular complexity index is 930. The van der Waals surface area contributed by atoms with Gasteiger partial charge in [0.2, 0.25) is 5.91 Å². The van der Waals surface area contributed by atoms with Crippen molar-refractivity contribution in [3.05, 3.63) is 58.9 Å². The molecule has 1 atom stereocenters. The van der Waals surface area contributed by atoms with Crippen LogP contribution in [0.5, 0.6) is 0 Å². The van der Waals surface area contributed by atoms with E-state index in [4.69, 9.17) is 4.84 Å². The van der Waals surface area contributed by atoms with Gasteiger partial charge in [-0.3, -0.25) is 19.6 Å². The summed E-state index contributed by atoms with van der Waals surface area (Å²) in [7, 11) is 0. The van der Waals surface area contributed by atoms with Crippen LogP contribution in [0.2, 0.25) is 0 Å². The SMILES string of the molecule is O=C(Cc1ccccc1)NOC(=O)C1=C(Sc2cn[nH]c2)CS[C@H]2CC(=O)N12. The van der Waals surface area contributed by atoms with Crippen LogP contribution in [0.4, 0.5) is 0 Å². The molecule has 10 heteroatoms. The van der Waals surface area contributed by atoms with Crippen LogP contribution in [0, 0.1) is 0 Å². The molecule has 2 aliphatic heterocycles. The first-order chi connectivity index (χ1) is 13.6. The molecule has 144 valence electrons. The van der Waals surface area contributed by atoms with Crippen LogP contribution >= 0.6 is 23.5 Å². The molecule has 2 amide bonds. The van der Waals surface area contributed by atoms with Crippen LogP contribution in [-0.2, 0) is 25.6 Å². The number of carbonyl (C=O) groups excluding carboxylic acids is 3. The van der Waals surface area contributed by atoms with Crippen molar-refractivity contribution in [3.63, 3.8) is 0 Å². The van der Waals surface area contributed by atoms with Gasteiger partial charge in [-0.2, -0.15) is 10.6 Å². The summed E-state index contributed by atoms with van der Waals surface area (Å²) in [5.74, 6) is -0.746. The Balaban J connectivity index is 1.46. The third-order valence-corrected chi connectivity index (χ3v) is 6.63. The fourth-order valence-corrected chi connectivity index (χ4v) is 5.19. The molecular weight excluding hydrogens is 400 g/mol. The molecule has 3 heterocycles. The monoisotopic (exact) mass is 416 g/mol. The lowest BCUT2D eigenvalue weighted by Gasteiger charge is -2.43. The van der Waals surface area contributed by atoms with E-state index in [1.165, 1.54) is 16.7 Å². The van der Waals surface area contributed by atoms with Crippen molar-refractivity contribution in [3.8, 4) is 0 Å². The van der Waals surface area contributed by atoms with Crippen molar-refractivity contribution in [2.75, 3.05) is 5.75 Å². The molecule has 4 rings (SSSR count). The number of nitrogens with zero attached hydrogens (tertiary/aromatic N) is 2. The number of hydrogen-bond donors (Lipinski definition) is 2. The normalized spacial score (nSPS) is 18.4. The Morgan fingerprint density at radius 1 is 1.36 bits per heavy atom. The molecule has 8 nitrogen and oxygen atoms in total. The van der Waals surface area contributed by atoms with Gasteiger partial charge in [-0.15, -0.1) is 11.8 Å². The quantitative estimate of drug-likeness (QED) is 0.566. The van der Waals surface area contributed by atoms with Gasteiger partial charge in [0.15, 0.2) is 0 Å². The first-order valence-electron chi connectivity index (χ1n) is 8.49. The molecule has 0 saturated carbocycles. The number of β-lactam (4-membered cyclic amide) rings is 1. The van der Waals surface area contributed by atoms with Crippen molar-refractivity contribution < 1.29 is 19.2 Å². The number of nitrogens with one attached hydrogen (secondary N) is 2. The summed E-state index contributed by atoms with van der Waals surface area (Å²) < 4.78 is 0. The van der Waals surface area contributed by atoms with Gasteiger partial charge >= 0.3 is 5.97 Å². The predicted octanol–water partition coefficient (Wildman–Crippen LogP) is 1.84. The number of benzene rings is 1. The molecule has 28 heavy (non-hydrogen) atoms. The topological polar surface area (TPSA) is 104 Å². The standard InChI is InChI=1S/C18H16N4O4S2/c23-14(6-11-4-2-1-3-5-11)21-26-18(25)17-13(28-12-8-19-20-9-12)10-27-16-7-15(24)22(16)17/h1-5,8-9,16H,6-7,10H2,(H,19,20)(H,21,23)/t16-/m0/s1. The fourth-order valence-electron chi connectivity index (χ4n) is 2.86. The van der Waals surface area contributed by atoms with Crippen molar-refractivity contribution in [1.82, 2.24) is 20.6 Å². The van der Waals surface area contributed by atoms with Gasteiger partial charge in [0.05, 0.1) is 24.4 Å². The van der Waals surface area contributed by atoms with E-state index in [0.717, 1.165) is 10.5 Å². The number of aromatic nitrogens is 2. The van der Waals surface area contributed by atoms with Gasteiger partial charge in [0.25, 0.3) is 5.91 Å². The molecule has 0 unspecified atom stereocenters. The highest BCUT2D eigenvalue weighted by Crippen LogP contribution is 2.44. The van der Waals surface area contributed by atoms with Crippen LogP contribution in [0.15, 0.2) is 58.2 Å². The zero-order valence-corrected chi connectivity index (χ0v) is 16.2. The first kappa shape index (κ1) is 18.6. The van der Waals surface area contributed by atoms with Gasteiger partial charge in [-0.25, -0.2) is 4.79 Å². The van der Waals surface area contributed by atoms with E-state index >= 15 is 0 Å². The van der Waals surface area contributed by atoms with Gasteiger partial charge in [-0.05, 0) is 5.56 Å². The number of amides is 2. The number of fused-ring (bicyclic) bond motifs is 1. The van der Waals surface area contributed by atoms with Gasteiger partial charge in [0, 0.05) is 21.8 Å². The second-order valence-corrected chi connectivity index (χ2v) is 8.45. The second kappa shape index (κ2) is 8.11. The number of rotatable bonds is 5. The van der Waals surface area contributed by atoms with Gasteiger partial charge in [0.1, 0.15) is 5.70 Å². The van der Waals surface area contributed by atoms with E-state index in [9.17, 15) is 14.4 Å². The Kier molecular flexibility index (Phi) is 5.40. The predicted molar refractivity (Wildman–Crippen MR) is 104 cm³/mol. The maximum absolute atomic E-state index is 12.7. The Hall–Kier alpha value is -2.72. The van der Waals surface area contributed by atoms with E-state index in [2.05, 4.69) is 15.7 Å². The maximum Gasteiger partial charge on any atom is 0.380 e. The van der Waals surface area contributed by atoms with Crippen LogP contribution < -0.4 is 5.48 Å². The second-order valence-electron chi connectivity index (χ2n) is 6.12. The molecule has 0 radical (unpaired) electrons. The van der Waals surface area contributed by atoms with E-state index in [1.54, 1.807) is 24.2 Å².